The van der Waals surface area contributed by atoms with E-state index in [0.29, 0.717) is 22.9 Å². The molecule has 0 aliphatic heterocycles. The Balaban J connectivity index is 2.30. The standard InChI is InChI=1S/C17H16BrClO3/c1-3-8-22-16-10-15(19)13(9-14(16)18)17(20)11-4-6-12(21-2)7-5-11/h3-7,9-10,17,20H,1,8H2,2H3. The van der Waals surface area contributed by atoms with Crippen molar-refractivity contribution in [3.8, 4) is 11.5 Å². The fraction of sp³-hybridized carbons (Fsp3) is 0.176. The fourth-order valence-corrected chi connectivity index (χ4v) is 2.71. The molecule has 116 valence electrons. The molecule has 0 saturated carbocycles. The predicted octanol–water partition coefficient (Wildman–Crippen LogP) is 4.76. The largest absolute Gasteiger partial charge is 0.497 e. The molecule has 0 radical (unpaired) electrons. The number of aliphatic hydroxyl groups is 1. The molecule has 2 rings (SSSR count). The summed E-state index contributed by atoms with van der Waals surface area (Å²) in [5.74, 6) is 1.34. The predicted molar refractivity (Wildman–Crippen MR) is 91.9 cm³/mol. The van der Waals surface area contributed by atoms with Crippen molar-refractivity contribution in [3.63, 3.8) is 0 Å². The third-order valence-corrected chi connectivity index (χ3v) is 4.08. The molecular weight excluding hydrogens is 368 g/mol. The Morgan fingerprint density at radius 2 is 2.00 bits per heavy atom. The maximum Gasteiger partial charge on any atom is 0.135 e. The molecule has 0 aromatic heterocycles. The number of hydrogen-bond donors (Lipinski definition) is 1. The highest BCUT2D eigenvalue weighted by molar-refractivity contribution is 9.10. The van der Waals surface area contributed by atoms with Crippen LogP contribution in [0.2, 0.25) is 5.02 Å². The van der Waals surface area contributed by atoms with Gasteiger partial charge in [0.25, 0.3) is 0 Å². The van der Waals surface area contributed by atoms with E-state index in [1.165, 1.54) is 0 Å². The molecule has 0 heterocycles. The molecular formula is C17H16BrClO3. The van der Waals surface area contributed by atoms with Gasteiger partial charge in [-0.3, -0.25) is 0 Å². The Morgan fingerprint density at radius 1 is 1.32 bits per heavy atom. The van der Waals surface area contributed by atoms with E-state index in [0.717, 1.165) is 15.8 Å². The van der Waals surface area contributed by atoms with E-state index < -0.39 is 6.10 Å². The summed E-state index contributed by atoms with van der Waals surface area (Å²) in [7, 11) is 1.60. The highest BCUT2D eigenvalue weighted by atomic mass is 79.9. The van der Waals surface area contributed by atoms with Gasteiger partial charge in [0, 0.05) is 11.6 Å². The van der Waals surface area contributed by atoms with Crippen molar-refractivity contribution >= 4 is 27.5 Å². The number of benzene rings is 2. The molecule has 1 N–H and O–H groups in total. The van der Waals surface area contributed by atoms with Crippen LogP contribution in [0.1, 0.15) is 17.2 Å². The molecule has 2 aromatic carbocycles. The second-order valence-electron chi connectivity index (χ2n) is 4.58. The van der Waals surface area contributed by atoms with Crippen molar-refractivity contribution in [2.75, 3.05) is 13.7 Å². The smallest absolute Gasteiger partial charge is 0.135 e. The molecule has 1 unspecified atom stereocenters. The maximum atomic E-state index is 10.5. The second-order valence-corrected chi connectivity index (χ2v) is 5.84. The number of hydrogen-bond acceptors (Lipinski definition) is 3. The summed E-state index contributed by atoms with van der Waals surface area (Å²) in [6, 6.07) is 10.6. The number of aliphatic hydroxyl groups excluding tert-OH is 1. The van der Waals surface area contributed by atoms with Crippen molar-refractivity contribution in [1.82, 2.24) is 0 Å². The molecule has 0 aliphatic rings. The average molecular weight is 384 g/mol. The summed E-state index contributed by atoms with van der Waals surface area (Å²) in [6.07, 6.45) is 0.823. The van der Waals surface area contributed by atoms with Crippen LogP contribution in [0.3, 0.4) is 0 Å². The maximum absolute atomic E-state index is 10.5. The Hall–Kier alpha value is -1.49. The summed E-state index contributed by atoms with van der Waals surface area (Å²) in [5, 5.41) is 11.0. The second kappa shape index (κ2) is 7.68. The van der Waals surface area contributed by atoms with Crippen molar-refractivity contribution in [1.29, 1.82) is 0 Å². The molecule has 0 spiro atoms. The van der Waals surface area contributed by atoms with Crippen LogP contribution in [0, 0.1) is 0 Å². The van der Waals surface area contributed by atoms with Gasteiger partial charge in [-0.25, -0.2) is 0 Å². The van der Waals surface area contributed by atoms with Crippen LogP contribution in [-0.4, -0.2) is 18.8 Å². The lowest BCUT2D eigenvalue weighted by atomic mass is 10.0. The highest BCUT2D eigenvalue weighted by Gasteiger charge is 2.17. The van der Waals surface area contributed by atoms with Gasteiger partial charge in [-0.1, -0.05) is 36.4 Å². The summed E-state index contributed by atoms with van der Waals surface area (Å²) in [6.45, 7) is 3.99. The van der Waals surface area contributed by atoms with E-state index >= 15 is 0 Å². The first-order valence-corrected chi connectivity index (χ1v) is 7.78. The summed E-state index contributed by atoms with van der Waals surface area (Å²) >= 11 is 9.70. The number of rotatable bonds is 6. The molecule has 2 aromatic rings. The van der Waals surface area contributed by atoms with E-state index in [1.54, 1.807) is 49.6 Å². The summed E-state index contributed by atoms with van der Waals surface area (Å²) in [5.41, 5.74) is 1.33. The Labute approximate surface area is 143 Å². The van der Waals surface area contributed by atoms with E-state index in [-0.39, 0.29) is 0 Å². The lowest BCUT2D eigenvalue weighted by molar-refractivity contribution is 0.220. The van der Waals surface area contributed by atoms with Crippen LogP contribution in [-0.2, 0) is 0 Å². The van der Waals surface area contributed by atoms with Crippen LogP contribution in [0.4, 0.5) is 0 Å². The fourth-order valence-electron chi connectivity index (χ4n) is 1.98. The molecule has 0 bridgehead atoms. The van der Waals surface area contributed by atoms with Crippen molar-refractivity contribution < 1.29 is 14.6 Å². The van der Waals surface area contributed by atoms with E-state index in [1.807, 2.05) is 0 Å². The molecule has 5 heteroatoms. The first kappa shape index (κ1) is 16.9. The minimum atomic E-state index is -0.830. The molecule has 3 nitrogen and oxygen atoms in total. The van der Waals surface area contributed by atoms with E-state index in [2.05, 4.69) is 22.5 Å². The van der Waals surface area contributed by atoms with Gasteiger partial charge in [-0.2, -0.15) is 0 Å². The zero-order valence-corrected chi connectivity index (χ0v) is 14.4. The van der Waals surface area contributed by atoms with Gasteiger partial charge < -0.3 is 14.6 Å². The van der Waals surface area contributed by atoms with Crippen molar-refractivity contribution in [2.45, 2.75) is 6.10 Å². The minimum Gasteiger partial charge on any atom is -0.497 e. The summed E-state index contributed by atoms with van der Waals surface area (Å²) < 4.78 is 11.3. The first-order valence-electron chi connectivity index (χ1n) is 6.61. The van der Waals surface area contributed by atoms with Crippen molar-refractivity contribution in [3.05, 3.63) is 69.7 Å². The number of halogens is 2. The SMILES string of the molecule is C=CCOc1cc(Cl)c(C(O)c2ccc(OC)cc2)cc1Br. The van der Waals surface area contributed by atoms with Gasteiger partial charge in [-0.15, -0.1) is 0 Å². The van der Waals surface area contributed by atoms with Gasteiger partial charge in [0.2, 0.25) is 0 Å². The van der Waals surface area contributed by atoms with Gasteiger partial charge in [0.1, 0.15) is 24.2 Å². The minimum absolute atomic E-state index is 0.384. The normalized spacial score (nSPS) is 11.8. The van der Waals surface area contributed by atoms with Crippen molar-refractivity contribution in [2.24, 2.45) is 0 Å². The molecule has 0 saturated heterocycles. The van der Waals surface area contributed by atoms with Gasteiger partial charge in [-0.05, 0) is 39.7 Å². The van der Waals surface area contributed by atoms with Crippen LogP contribution in [0.15, 0.2) is 53.5 Å². The van der Waals surface area contributed by atoms with Crippen LogP contribution in [0.5, 0.6) is 11.5 Å². The van der Waals surface area contributed by atoms with E-state index in [9.17, 15) is 5.11 Å². The molecule has 1 atom stereocenters. The molecule has 0 fully saturated rings. The topological polar surface area (TPSA) is 38.7 Å². The van der Waals surface area contributed by atoms with Crippen LogP contribution in [0.25, 0.3) is 0 Å². The van der Waals surface area contributed by atoms with Crippen LogP contribution < -0.4 is 9.47 Å². The van der Waals surface area contributed by atoms with Gasteiger partial charge >= 0.3 is 0 Å². The molecule has 0 aliphatic carbocycles. The zero-order chi connectivity index (χ0) is 16.1. The molecule has 22 heavy (non-hydrogen) atoms. The zero-order valence-electron chi connectivity index (χ0n) is 12.1. The van der Waals surface area contributed by atoms with Crippen LogP contribution >= 0.6 is 27.5 Å². The third kappa shape index (κ3) is 3.83. The number of ether oxygens (including phenoxy) is 2. The van der Waals surface area contributed by atoms with E-state index in [4.69, 9.17) is 21.1 Å². The first-order chi connectivity index (χ1) is 10.6. The Kier molecular flexibility index (Phi) is 5.89. The lowest BCUT2D eigenvalue weighted by Crippen LogP contribution is -2.02. The average Bonchev–Trinajstić information content (AvgIpc) is 2.54. The van der Waals surface area contributed by atoms with Gasteiger partial charge in [0.05, 0.1) is 16.6 Å². The third-order valence-electron chi connectivity index (χ3n) is 3.13. The monoisotopic (exact) mass is 382 g/mol. The highest BCUT2D eigenvalue weighted by Crippen LogP contribution is 2.36. The molecule has 0 amide bonds. The van der Waals surface area contributed by atoms with Gasteiger partial charge in [0.15, 0.2) is 0 Å². The number of methoxy groups -OCH3 is 1. The summed E-state index contributed by atoms with van der Waals surface area (Å²) in [4.78, 5) is 0. The quantitative estimate of drug-likeness (QED) is 0.731. The Morgan fingerprint density at radius 3 is 2.59 bits per heavy atom. The lowest BCUT2D eigenvalue weighted by Gasteiger charge is -2.16. The Bertz CT molecular complexity index is 656.